The van der Waals surface area contributed by atoms with Crippen LogP contribution in [0.3, 0.4) is 0 Å². The Hall–Kier alpha value is -1.39. The number of hydrogen-bond acceptors (Lipinski definition) is 3. The summed E-state index contributed by atoms with van der Waals surface area (Å²) in [7, 11) is 0. The van der Waals surface area contributed by atoms with E-state index >= 15 is 0 Å². The molecule has 4 nitrogen and oxygen atoms in total. The van der Waals surface area contributed by atoms with E-state index in [-0.39, 0.29) is 11.9 Å². The lowest BCUT2D eigenvalue weighted by Gasteiger charge is -2.24. The first-order chi connectivity index (χ1) is 10.2. The van der Waals surface area contributed by atoms with Gasteiger partial charge in [0.1, 0.15) is 0 Å². The molecule has 1 amide bonds. The molecule has 114 valence electrons. The minimum absolute atomic E-state index is 0.0697. The van der Waals surface area contributed by atoms with Crippen molar-refractivity contribution in [1.29, 1.82) is 0 Å². The quantitative estimate of drug-likeness (QED) is 0.886. The van der Waals surface area contributed by atoms with Gasteiger partial charge < -0.3 is 10.6 Å². The highest BCUT2D eigenvalue weighted by Crippen LogP contribution is 2.20. The van der Waals surface area contributed by atoms with Crippen molar-refractivity contribution in [2.24, 2.45) is 0 Å². The summed E-state index contributed by atoms with van der Waals surface area (Å²) in [5.74, 6) is 0.129. The Bertz CT molecular complexity index is 476. The summed E-state index contributed by atoms with van der Waals surface area (Å²) < 4.78 is 0. The maximum atomic E-state index is 12.2. The first kappa shape index (κ1) is 14.5. The van der Waals surface area contributed by atoms with E-state index in [1.807, 2.05) is 25.1 Å². The Morgan fingerprint density at radius 1 is 1.29 bits per heavy atom. The third-order valence-electron chi connectivity index (χ3n) is 4.65. The summed E-state index contributed by atoms with van der Waals surface area (Å²) in [6.07, 6.45) is 3.72. The van der Waals surface area contributed by atoms with E-state index in [9.17, 15) is 4.79 Å². The van der Waals surface area contributed by atoms with Crippen molar-refractivity contribution >= 4 is 5.91 Å². The fraction of sp³-hybridized carbons (Fsp3) is 0.588. The van der Waals surface area contributed by atoms with Crippen molar-refractivity contribution in [2.45, 2.75) is 44.3 Å². The van der Waals surface area contributed by atoms with Gasteiger partial charge in [-0.05, 0) is 31.7 Å². The van der Waals surface area contributed by atoms with Crippen molar-refractivity contribution < 1.29 is 4.79 Å². The highest BCUT2D eigenvalue weighted by atomic mass is 16.2. The molecule has 21 heavy (non-hydrogen) atoms. The molecule has 0 aliphatic carbocycles. The van der Waals surface area contributed by atoms with Crippen LogP contribution in [0.2, 0.25) is 0 Å². The number of nitrogens with one attached hydrogen (secondary N) is 2. The minimum Gasteiger partial charge on any atom is -0.348 e. The van der Waals surface area contributed by atoms with Crippen LogP contribution in [-0.4, -0.2) is 42.5 Å². The molecule has 2 saturated heterocycles. The molecule has 1 aromatic rings. The SMILES string of the molecule is CC(NC(=O)CN1CCC2CCC(C1)N2)c1ccccc1. The zero-order valence-corrected chi connectivity index (χ0v) is 12.7. The van der Waals surface area contributed by atoms with E-state index < -0.39 is 0 Å². The largest absolute Gasteiger partial charge is 0.348 e. The molecule has 2 N–H and O–H groups in total. The van der Waals surface area contributed by atoms with E-state index in [0.29, 0.717) is 18.6 Å². The zero-order chi connectivity index (χ0) is 14.7. The molecule has 3 rings (SSSR count). The first-order valence-electron chi connectivity index (χ1n) is 8.03. The van der Waals surface area contributed by atoms with E-state index in [1.165, 1.54) is 12.8 Å². The molecule has 0 spiro atoms. The standard InChI is InChI=1S/C17H25N3O/c1-13(14-5-3-2-4-6-14)18-17(21)12-20-10-9-15-7-8-16(11-20)19-15/h2-6,13,15-16,19H,7-12H2,1H3,(H,18,21). The molecular formula is C17H25N3O. The monoisotopic (exact) mass is 287 g/mol. The van der Waals surface area contributed by atoms with Gasteiger partial charge in [0.05, 0.1) is 12.6 Å². The Morgan fingerprint density at radius 3 is 2.86 bits per heavy atom. The molecule has 0 aromatic heterocycles. The normalized spacial score (nSPS) is 27.1. The molecule has 2 bridgehead atoms. The van der Waals surface area contributed by atoms with Gasteiger partial charge in [-0.3, -0.25) is 9.69 Å². The molecule has 0 saturated carbocycles. The number of carbonyl (C=O) groups is 1. The third-order valence-corrected chi connectivity index (χ3v) is 4.65. The van der Waals surface area contributed by atoms with Crippen LogP contribution in [0, 0.1) is 0 Å². The van der Waals surface area contributed by atoms with E-state index in [4.69, 9.17) is 0 Å². The van der Waals surface area contributed by atoms with Gasteiger partial charge in [0, 0.05) is 25.2 Å². The summed E-state index contributed by atoms with van der Waals surface area (Å²) in [4.78, 5) is 14.5. The van der Waals surface area contributed by atoms with E-state index in [0.717, 1.165) is 25.1 Å². The van der Waals surface area contributed by atoms with Crippen LogP contribution < -0.4 is 10.6 Å². The molecule has 3 unspecified atom stereocenters. The smallest absolute Gasteiger partial charge is 0.234 e. The number of nitrogens with zero attached hydrogens (tertiary/aromatic N) is 1. The Labute approximate surface area is 126 Å². The highest BCUT2D eigenvalue weighted by Gasteiger charge is 2.29. The van der Waals surface area contributed by atoms with Crippen LogP contribution in [-0.2, 0) is 4.79 Å². The van der Waals surface area contributed by atoms with Crippen molar-refractivity contribution in [2.75, 3.05) is 19.6 Å². The Morgan fingerprint density at radius 2 is 2.05 bits per heavy atom. The molecule has 2 fully saturated rings. The predicted octanol–water partition coefficient (Wildman–Crippen LogP) is 1.69. The van der Waals surface area contributed by atoms with E-state index in [1.54, 1.807) is 0 Å². The van der Waals surface area contributed by atoms with Gasteiger partial charge in [0.15, 0.2) is 0 Å². The maximum absolute atomic E-state index is 12.2. The molecule has 3 atom stereocenters. The number of likely N-dealkylation sites (tertiary alicyclic amines) is 1. The Balaban J connectivity index is 1.50. The lowest BCUT2D eigenvalue weighted by atomic mass is 10.1. The zero-order valence-electron chi connectivity index (χ0n) is 12.7. The molecule has 2 heterocycles. The van der Waals surface area contributed by atoms with Crippen molar-refractivity contribution in [1.82, 2.24) is 15.5 Å². The van der Waals surface area contributed by atoms with Crippen molar-refractivity contribution in [3.8, 4) is 0 Å². The van der Waals surface area contributed by atoms with Crippen LogP contribution in [0.4, 0.5) is 0 Å². The van der Waals surface area contributed by atoms with Crippen LogP contribution >= 0.6 is 0 Å². The van der Waals surface area contributed by atoms with Gasteiger partial charge in [0.2, 0.25) is 5.91 Å². The lowest BCUT2D eigenvalue weighted by molar-refractivity contribution is -0.122. The topological polar surface area (TPSA) is 44.4 Å². The molecular weight excluding hydrogens is 262 g/mol. The van der Waals surface area contributed by atoms with Crippen LogP contribution in [0.5, 0.6) is 0 Å². The summed E-state index contributed by atoms with van der Waals surface area (Å²) >= 11 is 0. The van der Waals surface area contributed by atoms with Gasteiger partial charge in [-0.2, -0.15) is 0 Å². The number of hydrogen-bond donors (Lipinski definition) is 2. The predicted molar refractivity (Wildman–Crippen MR) is 84.0 cm³/mol. The van der Waals surface area contributed by atoms with Crippen molar-refractivity contribution in [3.05, 3.63) is 35.9 Å². The Kier molecular flexibility index (Phi) is 4.56. The second-order valence-electron chi connectivity index (χ2n) is 6.36. The number of rotatable bonds is 4. The number of fused-ring (bicyclic) bond motifs is 2. The summed E-state index contributed by atoms with van der Waals surface area (Å²) in [5.41, 5.74) is 1.16. The van der Waals surface area contributed by atoms with Gasteiger partial charge in [-0.1, -0.05) is 30.3 Å². The molecule has 1 aromatic carbocycles. The van der Waals surface area contributed by atoms with Crippen LogP contribution in [0.25, 0.3) is 0 Å². The number of benzene rings is 1. The van der Waals surface area contributed by atoms with Gasteiger partial charge in [-0.25, -0.2) is 0 Å². The molecule has 2 aliphatic heterocycles. The van der Waals surface area contributed by atoms with Crippen LogP contribution in [0.1, 0.15) is 37.8 Å². The average molecular weight is 287 g/mol. The lowest BCUT2D eigenvalue weighted by Crippen LogP contribution is -2.42. The average Bonchev–Trinajstić information content (AvgIpc) is 2.82. The molecule has 2 aliphatic rings. The van der Waals surface area contributed by atoms with E-state index in [2.05, 4.69) is 27.7 Å². The highest BCUT2D eigenvalue weighted by molar-refractivity contribution is 5.78. The summed E-state index contributed by atoms with van der Waals surface area (Å²) in [6.45, 7) is 4.59. The minimum atomic E-state index is 0.0697. The number of carbonyl (C=O) groups excluding carboxylic acids is 1. The fourth-order valence-corrected chi connectivity index (χ4v) is 3.47. The third kappa shape index (κ3) is 3.83. The van der Waals surface area contributed by atoms with Gasteiger partial charge in [0.25, 0.3) is 0 Å². The van der Waals surface area contributed by atoms with Gasteiger partial charge >= 0.3 is 0 Å². The second-order valence-corrected chi connectivity index (χ2v) is 6.36. The first-order valence-corrected chi connectivity index (χ1v) is 8.03. The summed E-state index contributed by atoms with van der Waals surface area (Å²) in [6, 6.07) is 11.4. The maximum Gasteiger partial charge on any atom is 0.234 e. The van der Waals surface area contributed by atoms with Crippen molar-refractivity contribution in [3.63, 3.8) is 0 Å². The summed E-state index contributed by atoms with van der Waals surface area (Å²) in [5, 5.41) is 6.76. The number of amides is 1. The molecule has 4 heteroatoms. The van der Waals surface area contributed by atoms with Crippen LogP contribution in [0.15, 0.2) is 30.3 Å². The molecule has 0 radical (unpaired) electrons. The second kappa shape index (κ2) is 6.58. The van der Waals surface area contributed by atoms with Gasteiger partial charge in [-0.15, -0.1) is 0 Å². The fourth-order valence-electron chi connectivity index (χ4n) is 3.47.